The van der Waals surface area contributed by atoms with Crippen LogP contribution in [0.3, 0.4) is 0 Å². The maximum Gasteiger partial charge on any atom is 0.524 e. The highest BCUT2D eigenvalue weighted by Crippen LogP contribution is 2.49. The van der Waals surface area contributed by atoms with Crippen LogP contribution < -0.4 is 9.05 Å². The number of phenols is 2. The molecule has 0 fully saturated rings. The molecule has 56 heavy (non-hydrogen) atoms. The van der Waals surface area contributed by atoms with Crippen molar-refractivity contribution in [1.82, 2.24) is 0 Å². The van der Waals surface area contributed by atoms with Crippen LogP contribution in [0.1, 0.15) is 150 Å². The van der Waals surface area contributed by atoms with Gasteiger partial charge in [0.25, 0.3) is 0 Å². The molecule has 0 unspecified atom stereocenters. The van der Waals surface area contributed by atoms with Crippen molar-refractivity contribution in [1.29, 1.82) is 0 Å². The summed E-state index contributed by atoms with van der Waals surface area (Å²) < 4.78 is 36.6. The number of hydrogen-bond acceptors (Lipinski definition) is 6. The molecule has 8 bridgehead atoms. The second-order valence-corrected chi connectivity index (χ2v) is 21.7. The minimum atomic E-state index is -5.10. The fourth-order valence-corrected chi connectivity index (χ4v) is 8.59. The molecule has 5 rings (SSSR count). The molecule has 4 aromatic carbocycles. The molecule has 0 amide bonds. The van der Waals surface area contributed by atoms with E-state index in [0.29, 0.717) is 44.5 Å². The zero-order valence-corrected chi connectivity index (χ0v) is 36.4. The summed E-state index contributed by atoms with van der Waals surface area (Å²) in [6.07, 6.45) is 0.286. The van der Waals surface area contributed by atoms with Crippen molar-refractivity contribution in [2.75, 3.05) is 0 Å². The number of fused-ring (bicyclic) bond motifs is 8. The Kier molecular flexibility index (Phi) is 11.4. The Labute approximate surface area is 331 Å². The summed E-state index contributed by atoms with van der Waals surface area (Å²) >= 11 is 0. The second kappa shape index (κ2) is 14.6. The zero-order valence-electron chi connectivity index (χ0n) is 34.7. The molecule has 10 nitrogen and oxygen atoms in total. The van der Waals surface area contributed by atoms with E-state index in [1.807, 2.05) is 119 Å². The van der Waals surface area contributed by atoms with Gasteiger partial charge in [-0.2, -0.15) is 0 Å². The second-order valence-electron chi connectivity index (χ2n) is 19.4. The Balaban J connectivity index is 2.02. The first-order chi connectivity index (χ1) is 25.3. The first-order valence-corrected chi connectivity index (χ1v) is 21.9. The third-order valence-corrected chi connectivity index (χ3v) is 11.2. The van der Waals surface area contributed by atoms with Crippen LogP contribution in [-0.2, 0) is 56.5 Å². The molecule has 0 heterocycles. The standard InChI is InChI=1S/C44H58O10P2/c1-41(2,3)33-17-27-15-31-21-34(42(4,5)6)19-29(39(31)53-55(47,48)49)13-25-23-36(45)24-26(37(25)44(10,11)12)14-30-20-35(43(7,8)9)22-32(16-28(18-33)38(27)46)40(30)54-56(50,51)52/h17-24,45-46H,13-16H2,1-12H3,(H2,47,48,49)(H2,50,51,52). The lowest BCUT2D eigenvalue weighted by atomic mass is 9.76. The molecule has 0 radical (unpaired) electrons. The van der Waals surface area contributed by atoms with Crippen molar-refractivity contribution in [3.05, 3.63) is 115 Å². The van der Waals surface area contributed by atoms with Gasteiger partial charge in [0.05, 0.1) is 0 Å². The van der Waals surface area contributed by atoms with Gasteiger partial charge in [0.2, 0.25) is 0 Å². The number of phenolic OH excluding ortho intramolecular Hbond substituents is 2. The van der Waals surface area contributed by atoms with E-state index in [4.69, 9.17) is 9.05 Å². The zero-order chi connectivity index (χ0) is 42.1. The summed E-state index contributed by atoms with van der Waals surface area (Å²) in [7, 11) is -10.2. The van der Waals surface area contributed by atoms with Gasteiger partial charge in [-0.25, -0.2) is 9.13 Å². The summed E-state index contributed by atoms with van der Waals surface area (Å²) in [4.78, 5) is 41.2. The predicted octanol–water partition coefficient (Wildman–Crippen LogP) is 9.91. The molecule has 1 aliphatic carbocycles. The average Bonchev–Trinajstić information content (AvgIpc) is 2.97. The van der Waals surface area contributed by atoms with E-state index in [1.54, 1.807) is 12.1 Å². The van der Waals surface area contributed by atoms with E-state index >= 15 is 0 Å². The first kappa shape index (κ1) is 43.5. The molecule has 0 aliphatic heterocycles. The third-order valence-electron chi connectivity index (χ3n) is 10.3. The normalized spacial score (nSPS) is 14.4. The average molecular weight is 809 g/mol. The van der Waals surface area contributed by atoms with E-state index < -0.39 is 37.3 Å². The van der Waals surface area contributed by atoms with Crippen molar-refractivity contribution in [3.63, 3.8) is 0 Å². The molecule has 4 aromatic rings. The molecular formula is C44H58O10P2. The van der Waals surface area contributed by atoms with Gasteiger partial charge in [0, 0.05) is 25.7 Å². The van der Waals surface area contributed by atoms with Crippen molar-refractivity contribution < 1.29 is 48.0 Å². The highest BCUT2D eigenvalue weighted by molar-refractivity contribution is 7.47. The maximum absolute atomic E-state index is 12.7. The van der Waals surface area contributed by atoms with Crippen molar-refractivity contribution in [2.24, 2.45) is 0 Å². The van der Waals surface area contributed by atoms with Crippen LogP contribution >= 0.6 is 15.6 Å². The fraction of sp³-hybridized carbons (Fsp3) is 0.455. The van der Waals surface area contributed by atoms with E-state index in [0.717, 1.165) is 22.3 Å². The number of rotatable bonds is 4. The molecule has 6 N–H and O–H groups in total. The lowest BCUT2D eigenvalue weighted by Crippen LogP contribution is -2.19. The monoisotopic (exact) mass is 808 g/mol. The van der Waals surface area contributed by atoms with Gasteiger partial charge in [-0.15, -0.1) is 0 Å². The van der Waals surface area contributed by atoms with E-state index in [1.165, 1.54) is 0 Å². The lowest BCUT2D eigenvalue weighted by Gasteiger charge is -2.30. The highest BCUT2D eigenvalue weighted by atomic mass is 31.2. The summed E-state index contributed by atoms with van der Waals surface area (Å²) in [5.41, 5.74) is 5.93. The van der Waals surface area contributed by atoms with Crippen molar-refractivity contribution >= 4 is 15.6 Å². The number of aromatic hydroxyl groups is 2. The SMILES string of the molecule is CC(C)(C)c1cc2c(O)c(c1)Cc1cc(C(C)(C)C)cc(c1OP(=O)(O)O)Cc1cc(O)cc(c1C(C)(C)C)Cc1cc(C(C)(C)C)cc(c1OP(=O)(O)O)C2. The van der Waals surface area contributed by atoms with Crippen molar-refractivity contribution in [2.45, 2.75) is 130 Å². The van der Waals surface area contributed by atoms with Gasteiger partial charge in [-0.05, 0) is 101 Å². The van der Waals surface area contributed by atoms with Crippen LogP contribution in [0.25, 0.3) is 0 Å². The van der Waals surface area contributed by atoms with E-state index in [2.05, 4.69) is 0 Å². The maximum atomic E-state index is 12.7. The van der Waals surface area contributed by atoms with E-state index in [9.17, 15) is 38.9 Å². The van der Waals surface area contributed by atoms with Gasteiger partial charge in [-0.1, -0.05) is 119 Å². The van der Waals surface area contributed by atoms with Gasteiger partial charge >= 0.3 is 15.6 Å². The molecule has 0 atom stereocenters. The molecule has 1 aliphatic rings. The molecule has 304 valence electrons. The van der Waals surface area contributed by atoms with Crippen molar-refractivity contribution in [3.8, 4) is 23.0 Å². The molecular weight excluding hydrogens is 750 g/mol. The van der Waals surface area contributed by atoms with Crippen LogP contribution in [0.15, 0.2) is 48.5 Å². The van der Waals surface area contributed by atoms with Gasteiger partial charge in [0.15, 0.2) is 0 Å². The molecule has 0 saturated heterocycles. The minimum Gasteiger partial charge on any atom is -0.508 e. The Bertz CT molecular complexity index is 2130. The Morgan fingerprint density at radius 2 is 0.696 bits per heavy atom. The van der Waals surface area contributed by atoms with Crippen LogP contribution in [0.4, 0.5) is 0 Å². The third kappa shape index (κ3) is 10.1. The summed E-state index contributed by atoms with van der Waals surface area (Å²) in [6.45, 7) is 24.5. The van der Waals surface area contributed by atoms with Gasteiger partial charge in [0.1, 0.15) is 23.0 Å². The molecule has 0 saturated carbocycles. The van der Waals surface area contributed by atoms with Gasteiger partial charge < -0.3 is 19.3 Å². The van der Waals surface area contributed by atoms with Gasteiger partial charge in [-0.3, -0.25) is 19.6 Å². The Hall–Kier alpha value is -3.62. The lowest BCUT2D eigenvalue weighted by molar-refractivity contribution is 0.279. The van der Waals surface area contributed by atoms with E-state index in [-0.39, 0.29) is 48.7 Å². The largest absolute Gasteiger partial charge is 0.524 e. The summed E-state index contributed by atoms with van der Waals surface area (Å²) in [6, 6.07) is 14.6. The number of phosphoric acid groups is 2. The smallest absolute Gasteiger partial charge is 0.508 e. The quantitative estimate of drug-likeness (QED) is 0.0960. The number of phosphoric ester groups is 2. The topological polar surface area (TPSA) is 174 Å². The molecule has 0 aromatic heterocycles. The predicted molar refractivity (Wildman–Crippen MR) is 220 cm³/mol. The van der Waals surface area contributed by atoms with Crippen LogP contribution in [0.5, 0.6) is 23.0 Å². The van der Waals surface area contributed by atoms with Crippen LogP contribution in [0.2, 0.25) is 0 Å². The first-order valence-electron chi connectivity index (χ1n) is 18.8. The minimum absolute atomic E-state index is 0.00246. The van der Waals surface area contributed by atoms with Crippen LogP contribution in [0, 0.1) is 0 Å². The Morgan fingerprint density at radius 1 is 0.429 bits per heavy atom. The summed E-state index contributed by atoms with van der Waals surface area (Å²) in [5, 5.41) is 23.5. The van der Waals surface area contributed by atoms with Crippen LogP contribution in [-0.4, -0.2) is 29.8 Å². The molecule has 0 spiro atoms. The number of hydrogen-bond donors (Lipinski definition) is 6. The summed E-state index contributed by atoms with van der Waals surface area (Å²) in [5.74, 6) is -0.108. The Morgan fingerprint density at radius 3 is 0.946 bits per heavy atom. The molecule has 12 heteroatoms. The fourth-order valence-electron chi connectivity index (χ4n) is 7.65. The highest BCUT2D eigenvalue weighted by Gasteiger charge is 2.32. The number of benzene rings is 4.